The highest BCUT2D eigenvalue weighted by molar-refractivity contribution is 9.08. The van der Waals surface area contributed by atoms with Gasteiger partial charge in [-0.05, 0) is 26.0 Å². The van der Waals surface area contributed by atoms with E-state index in [1.807, 2.05) is 6.92 Å². The third kappa shape index (κ3) is 3.53. The largest absolute Gasteiger partial charge is 0.466 e. The van der Waals surface area contributed by atoms with Crippen molar-refractivity contribution >= 4 is 27.6 Å². The number of nitro groups is 1. The van der Waals surface area contributed by atoms with E-state index in [1.165, 1.54) is 0 Å². The number of carbonyl (C=O) groups excluding carboxylic acids is 1. The Morgan fingerprint density at radius 2 is 2.06 bits per heavy atom. The fraction of sp³-hybridized carbons (Fsp3) is 0.417. The number of ether oxygens (including phenoxy) is 1. The number of benzene rings is 1. The maximum absolute atomic E-state index is 11.4. The molecule has 18 heavy (non-hydrogen) atoms. The SMILES string of the molecule is CCOC(=O)Cc1cc(C)cc(CBr)c1[N+](=O)[O-]. The Morgan fingerprint density at radius 1 is 1.44 bits per heavy atom. The average Bonchev–Trinajstić information content (AvgIpc) is 2.27. The molecule has 0 saturated heterocycles. The molecular formula is C12H14BrNO4. The summed E-state index contributed by atoms with van der Waals surface area (Å²) in [5.74, 6) is -0.452. The van der Waals surface area contributed by atoms with Crippen LogP contribution >= 0.6 is 15.9 Å². The summed E-state index contributed by atoms with van der Waals surface area (Å²) in [6.45, 7) is 3.81. The molecule has 5 nitrogen and oxygen atoms in total. The monoisotopic (exact) mass is 315 g/mol. The number of esters is 1. The minimum Gasteiger partial charge on any atom is -0.466 e. The zero-order valence-electron chi connectivity index (χ0n) is 10.2. The Kier molecular flexibility index (Phi) is 5.27. The molecule has 6 heteroatoms. The highest BCUT2D eigenvalue weighted by Crippen LogP contribution is 2.28. The molecule has 0 aromatic heterocycles. The standard InChI is InChI=1S/C12H14BrNO4/c1-3-18-11(15)6-9-4-8(2)5-10(7-13)12(9)14(16)17/h4-5H,3,6-7H2,1-2H3. The first-order valence-electron chi connectivity index (χ1n) is 5.48. The highest BCUT2D eigenvalue weighted by Gasteiger charge is 2.22. The smallest absolute Gasteiger partial charge is 0.310 e. The van der Waals surface area contributed by atoms with Crippen LogP contribution in [0.15, 0.2) is 12.1 Å². The Balaban J connectivity index is 3.19. The molecule has 0 aliphatic heterocycles. The molecule has 0 N–H and O–H groups in total. The summed E-state index contributed by atoms with van der Waals surface area (Å²) in [7, 11) is 0. The van der Waals surface area contributed by atoms with Gasteiger partial charge < -0.3 is 4.74 Å². The molecule has 0 aliphatic rings. The maximum atomic E-state index is 11.4. The molecule has 1 aromatic carbocycles. The fourth-order valence-corrected chi connectivity index (χ4v) is 2.20. The number of nitro benzene ring substituents is 1. The number of alkyl halides is 1. The summed E-state index contributed by atoms with van der Waals surface area (Å²) >= 11 is 3.22. The van der Waals surface area contributed by atoms with Crippen molar-refractivity contribution in [3.63, 3.8) is 0 Å². The lowest BCUT2D eigenvalue weighted by Gasteiger charge is -2.08. The lowest BCUT2D eigenvalue weighted by atomic mass is 10.0. The number of carbonyl (C=O) groups is 1. The molecule has 0 amide bonds. The van der Waals surface area contributed by atoms with Gasteiger partial charge in [0.1, 0.15) is 0 Å². The average molecular weight is 316 g/mol. The van der Waals surface area contributed by atoms with Crippen LogP contribution in [0.3, 0.4) is 0 Å². The molecule has 0 unspecified atom stereocenters. The van der Waals surface area contributed by atoms with E-state index >= 15 is 0 Å². The molecule has 0 spiro atoms. The molecule has 0 radical (unpaired) electrons. The summed E-state index contributed by atoms with van der Waals surface area (Å²) in [4.78, 5) is 22.1. The van der Waals surface area contributed by atoms with E-state index in [0.717, 1.165) is 5.56 Å². The van der Waals surface area contributed by atoms with Crippen LogP contribution < -0.4 is 0 Å². The van der Waals surface area contributed by atoms with Gasteiger partial charge in [-0.25, -0.2) is 0 Å². The van der Waals surface area contributed by atoms with Crippen LogP contribution in [0.1, 0.15) is 23.6 Å². The van der Waals surface area contributed by atoms with Crippen molar-refractivity contribution in [2.24, 2.45) is 0 Å². The second-order valence-electron chi connectivity index (χ2n) is 3.80. The first-order chi connectivity index (χ1) is 8.49. The number of nitrogens with zero attached hydrogens (tertiary/aromatic N) is 1. The van der Waals surface area contributed by atoms with Gasteiger partial charge in [-0.3, -0.25) is 14.9 Å². The van der Waals surface area contributed by atoms with Gasteiger partial charge in [0.25, 0.3) is 5.69 Å². The lowest BCUT2D eigenvalue weighted by molar-refractivity contribution is -0.386. The molecule has 0 bridgehead atoms. The van der Waals surface area contributed by atoms with Crippen LogP contribution in [0.5, 0.6) is 0 Å². The van der Waals surface area contributed by atoms with Crippen molar-refractivity contribution in [2.75, 3.05) is 6.61 Å². The fourth-order valence-electron chi connectivity index (χ4n) is 1.77. The van der Waals surface area contributed by atoms with Gasteiger partial charge in [-0.15, -0.1) is 0 Å². The van der Waals surface area contributed by atoms with Crippen molar-refractivity contribution in [3.05, 3.63) is 38.9 Å². The summed E-state index contributed by atoms with van der Waals surface area (Å²) in [6, 6.07) is 3.39. The van der Waals surface area contributed by atoms with Crippen LogP contribution in [0, 0.1) is 17.0 Å². The number of aryl methyl sites for hydroxylation is 1. The van der Waals surface area contributed by atoms with E-state index in [-0.39, 0.29) is 18.7 Å². The lowest BCUT2D eigenvalue weighted by Crippen LogP contribution is -2.10. The van der Waals surface area contributed by atoms with E-state index in [1.54, 1.807) is 19.1 Å². The first kappa shape index (κ1) is 14.6. The Labute approximate surface area is 113 Å². The van der Waals surface area contributed by atoms with Crippen molar-refractivity contribution < 1.29 is 14.5 Å². The van der Waals surface area contributed by atoms with Gasteiger partial charge in [0.05, 0.1) is 18.0 Å². The second-order valence-corrected chi connectivity index (χ2v) is 4.37. The predicted octanol–water partition coefficient (Wildman–Crippen LogP) is 2.90. The van der Waals surface area contributed by atoms with E-state index in [9.17, 15) is 14.9 Å². The molecule has 1 aromatic rings. The van der Waals surface area contributed by atoms with Crippen LogP contribution in [0.25, 0.3) is 0 Å². The van der Waals surface area contributed by atoms with E-state index in [2.05, 4.69) is 15.9 Å². The summed E-state index contributed by atoms with van der Waals surface area (Å²) in [6.07, 6.45) is -0.0775. The molecule has 0 heterocycles. The zero-order chi connectivity index (χ0) is 13.7. The van der Waals surface area contributed by atoms with Crippen LogP contribution in [-0.4, -0.2) is 17.5 Å². The van der Waals surface area contributed by atoms with Crippen molar-refractivity contribution in [2.45, 2.75) is 25.6 Å². The van der Waals surface area contributed by atoms with E-state index in [0.29, 0.717) is 16.5 Å². The molecule has 0 fully saturated rings. The predicted molar refractivity (Wildman–Crippen MR) is 70.8 cm³/mol. The van der Waals surface area contributed by atoms with Crippen molar-refractivity contribution in [1.29, 1.82) is 0 Å². The zero-order valence-corrected chi connectivity index (χ0v) is 11.8. The maximum Gasteiger partial charge on any atom is 0.310 e. The quantitative estimate of drug-likeness (QED) is 0.362. The van der Waals surface area contributed by atoms with Gasteiger partial charge in [-0.2, -0.15) is 0 Å². The van der Waals surface area contributed by atoms with Gasteiger partial charge >= 0.3 is 5.97 Å². The van der Waals surface area contributed by atoms with Crippen LogP contribution in [0.2, 0.25) is 0 Å². The van der Waals surface area contributed by atoms with Crippen molar-refractivity contribution in [1.82, 2.24) is 0 Å². The van der Waals surface area contributed by atoms with E-state index < -0.39 is 10.9 Å². The molecule has 98 valence electrons. The minimum atomic E-state index is -0.454. The van der Waals surface area contributed by atoms with Gasteiger partial charge in [0.2, 0.25) is 0 Å². The van der Waals surface area contributed by atoms with E-state index in [4.69, 9.17) is 4.74 Å². The number of halogens is 1. The van der Waals surface area contributed by atoms with Gasteiger partial charge in [0, 0.05) is 16.5 Å². The summed E-state index contributed by atoms with van der Waals surface area (Å²) in [5, 5.41) is 11.5. The Morgan fingerprint density at radius 3 is 2.56 bits per heavy atom. The second kappa shape index (κ2) is 6.49. The molecule has 1 rings (SSSR count). The number of hydrogen-bond donors (Lipinski definition) is 0. The normalized spacial score (nSPS) is 10.2. The third-order valence-corrected chi connectivity index (χ3v) is 2.98. The first-order valence-corrected chi connectivity index (χ1v) is 6.60. The molecule has 0 atom stereocenters. The van der Waals surface area contributed by atoms with Gasteiger partial charge in [0.15, 0.2) is 0 Å². The Bertz CT molecular complexity index is 473. The molecular weight excluding hydrogens is 302 g/mol. The van der Waals surface area contributed by atoms with Gasteiger partial charge in [-0.1, -0.05) is 21.5 Å². The molecule has 0 saturated carbocycles. The topological polar surface area (TPSA) is 69.4 Å². The number of hydrogen-bond acceptors (Lipinski definition) is 4. The third-order valence-electron chi connectivity index (χ3n) is 2.38. The van der Waals surface area contributed by atoms with Crippen LogP contribution in [0.4, 0.5) is 5.69 Å². The highest BCUT2D eigenvalue weighted by atomic mass is 79.9. The summed E-state index contributed by atoms with van der Waals surface area (Å²) < 4.78 is 4.82. The Hall–Kier alpha value is -1.43. The van der Waals surface area contributed by atoms with Crippen molar-refractivity contribution in [3.8, 4) is 0 Å². The van der Waals surface area contributed by atoms with Crippen LogP contribution in [-0.2, 0) is 21.3 Å². The number of rotatable bonds is 5. The molecule has 0 aliphatic carbocycles. The summed E-state index contributed by atoms with van der Waals surface area (Å²) in [5.41, 5.74) is 1.84. The minimum absolute atomic E-state index is 0.00877.